The first kappa shape index (κ1) is 29.3. The molecule has 0 nitrogen and oxygen atoms in total. The largest absolute Gasteiger partial charge is 0.0654 e. The van der Waals surface area contributed by atoms with E-state index in [1.165, 1.54) is 25.7 Å². The van der Waals surface area contributed by atoms with Crippen molar-refractivity contribution in [3.63, 3.8) is 0 Å². The van der Waals surface area contributed by atoms with Crippen LogP contribution >= 0.6 is 0 Å². The molecule has 0 amide bonds. The summed E-state index contributed by atoms with van der Waals surface area (Å²) in [5, 5.41) is 0. The Balaban J connectivity index is -0.0000000171. The van der Waals surface area contributed by atoms with Gasteiger partial charge in [-0.25, -0.2) is 0 Å². The van der Waals surface area contributed by atoms with Crippen LogP contribution in [-0.2, 0) is 0 Å². The second-order valence-electron chi connectivity index (χ2n) is 2.00. The Morgan fingerprint density at radius 3 is 0.545 bits per heavy atom. The summed E-state index contributed by atoms with van der Waals surface area (Å²) in [6.07, 6.45) is 5.28. The minimum Gasteiger partial charge on any atom is -0.0654 e. The Bertz CT molecular complexity index is 17.3. The molecule has 0 aliphatic carbocycles. The molecular weight excluding hydrogens is 216 g/mol. The molecule has 3 heteroatoms. The Morgan fingerprint density at radius 2 is 0.545 bits per heavy atom. The molecule has 0 unspecified atom stereocenters. The minimum absolute atomic E-state index is 0. The quantitative estimate of drug-likeness (QED) is 0.686. The normalized spacial score (nSPS) is 5.45. The maximum absolute atomic E-state index is 2.18. The van der Waals surface area contributed by atoms with Gasteiger partial charge in [0.05, 0.1) is 0 Å². The van der Waals surface area contributed by atoms with E-state index in [9.17, 15) is 0 Å². The van der Waals surface area contributed by atoms with Crippen LogP contribution in [0.1, 0.15) is 53.4 Å². The van der Waals surface area contributed by atoms with Crippen molar-refractivity contribution in [3.05, 3.63) is 0 Å². The van der Waals surface area contributed by atoms with Crippen LogP contribution < -0.4 is 0 Å². The predicted octanol–water partition coefficient (Wildman–Crippen LogP) is 3.61. The maximum atomic E-state index is 2.18. The molecular formula is C8H20Ar3. The van der Waals surface area contributed by atoms with Gasteiger partial charge in [0.25, 0.3) is 0 Å². The van der Waals surface area contributed by atoms with Crippen molar-refractivity contribution in [3.8, 4) is 0 Å². The van der Waals surface area contributed by atoms with Crippen molar-refractivity contribution in [1.29, 1.82) is 0 Å². The third-order valence-corrected chi connectivity index (χ3v) is 1.000. The zero-order valence-electron chi connectivity index (χ0n) is 7.89. The molecule has 0 aromatic rings. The topological polar surface area (TPSA) is 0 Å². The standard InChI is InChI=1S/2C4H10.3Ar/c2*1-3-4-2;;;/h2*3-4H2,1-2H3;;;. The summed E-state index contributed by atoms with van der Waals surface area (Å²) < 4.78 is 0. The summed E-state index contributed by atoms with van der Waals surface area (Å²) in [7, 11) is 0. The van der Waals surface area contributed by atoms with E-state index < -0.39 is 0 Å². The summed E-state index contributed by atoms with van der Waals surface area (Å²) in [5.74, 6) is 0. The monoisotopic (exact) mass is 236 g/mol. The van der Waals surface area contributed by atoms with Crippen LogP contribution in [0, 0.1) is 113 Å². The van der Waals surface area contributed by atoms with E-state index in [1.54, 1.807) is 0 Å². The van der Waals surface area contributed by atoms with Gasteiger partial charge in [-0.2, -0.15) is 0 Å². The van der Waals surface area contributed by atoms with Gasteiger partial charge in [0.15, 0.2) is 0 Å². The SMILES string of the molecule is CCCC.CCCC.[Ar].[Ar].[Ar]. The molecule has 0 heterocycles. The third-order valence-electron chi connectivity index (χ3n) is 1.000. The van der Waals surface area contributed by atoms with Gasteiger partial charge >= 0.3 is 0 Å². The van der Waals surface area contributed by atoms with E-state index in [4.69, 9.17) is 0 Å². The summed E-state index contributed by atoms with van der Waals surface area (Å²) >= 11 is 0. The average Bonchev–Trinajstić information content (AvgIpc) is 1.88. The van der Waals surface area contributed by atoms with Crippen molar-refractivity contribution in [2.75, 3.05) is 0 Å². The van der Waals surface area contributed by atoms with Gasteiger partial charge in [0.2, 0.25) is 0 Å². The van der Waals surface area contributed by atoms with E-state index in [2.05, 4.69) is 27.7 Å². The van der Waals surface area contributed by atoms with Gasteiger partial charge in [0, 0.05) is 113 Å². The first-order chi connectivity index (χ1) is 3.83. The number of unbranched alkanes of at least 4 members (excludes halogenated alkanes) is 2. The molecule has 76 valence electrons. The Hall–Kier alpha value is 3.78. The molecule has 0 bridgehead atoms. The Labute approximate surface area is 163 Å². The molecule has 0 saturated heterocycles. The molecule has 0 aromatic heterocycles. The fourth-order valence-corrected chi connectivity index (χ4v) is 0. The first-order valence-electron chi connectivity index (χ1n) is 3.83. The molecule has 0 aliphatic rings. The van der Waals surface area contributed by atoms with Gasteiger partial charge in [-0.1, -0.05) is 53.4 Å². The third kappa shape index (κ3) is 57.2. The second kappa shape index (κ2) is 37.2. The molecule has 0 radical (unpaired) electrons. The summed E-state index contributed by atoms with van der Waals surface area (Å²) in [6, 6.07) is 0. The number of rotatable bonds is 2. The van der Waals surface area contributed by atoms with Crippen LogP contribution in [0.3, 0.4) is 0 Å². The van der Waals surface area contributed by atoms with Crippen LogP contribution in [-0.4, -0.2) is 0 Å². The Morgan fingerprint density at radius 1 is 0.455 bits per heavy atom. The summed E-state index contributed by atoms with van der Waals surface area (Å²) in [4.78, 5) is 0. The van der Waals surface area contributed by atoms with Gasteiger partial charge in [-0.05, 0) is 0 Å². The molecule has 11 heavy (non-hydrogen) atoms. The zero-order chi connectivity index (χ0) is 6.83. The smallest absolute Gasteiger partial charge is 0 e. The molecule has 0 spiro atoms. The van der Waals surface area contributed by atoms with Crippen LogP contribution in [0.25, 0.3) is 0 Å². The molecule has 0 aromatic carbocycles. The number of hydrogen-bond donors (Lipinski definition) is 0. The van der Waals surface area contributed by atoms with Crippen LogP contribution in [0.15, 0.2) is 0 Å². The summed E-state index contributed by atoms with van der Waals surface area (Å²) in [5.41, 5.74) is 0. The van der Waals surface area contributed by atoms with Gasteiger partial charge < -0.3 is 0 Å². The van der Waals surface area contributed by atoms with Crippen LogP contribution in [0.5, 0.6) is 0 Å². The van der Waals surface area contributed by atoms with Gasteiger partial charge in [0.1, 0.15) is 0 Å². The minimum atomic E-state index is 0. The van der Waals surface area contributed by atoms with E-state index in [0.717, 1.165) is 0 Å². The second-order valence-corrected chi connectivity index (χ2v) is 2.00. The molecule has 0 saturated carbocycles. The number of hydrogen-bond acceptors (Lipinski definition) is 0. The molecule has 0 atom stereocenters. The molecule has 0 aliphatic heterocycles. The molecule has 0 N–H and O–H groups in total. The van der Waals surface area contributed by atoms with Crippen molar-refractivity contribution < 1.29 is 113 Å². The van der Waals surface area contributed by atoms with Gasteiger partial charge in [-0.3, -0.25) is 0 Å². The predicted molar refractivity (Wildman–Crippen MR) is 41.2 cm³/mol. The van der Waals surface area contributed by atoms with E-state index in [-0.39, 0.29) is 113 Å². The Kier molecular flexibility index (Phi) is 99.2. The first-order valence-corrected chi connectivity index (χ1v) is 3.83. The maximum Gasteiger partial charge on any atom is 0 e. The van der Waals surface area contributed by atoms with Crippen molar-refractivity contribution in [1.82, 2.24) is 0 Å². The van der Waals surface area contributed by atoms with Crippen molar-refractivity contribution in [2.45, 2.75) is 53.4 Å². The van der Waals surface area contributed by atoms with Crippen LogP contribution in [0.2, 0.25) is 0 Å². The molecule has 0 rings (SSSR count). The summed E-state index contributed by atoms with van der Waals surface area (Å²) in [6.45, 7) is 8.72. The van der Waals surface area contributed by atoms with Crippen molar-refractivity contribution in [2.24, 2.45) is 0 Å². The van der Waals surface area contributed by atoms with E-state index in [0.29, 0.717) is 0 Å². The zero-order valence-corrected chi connectivity index (χ0v) is 10.0. The molecule has 0 fully saturated rings. The van der Waals surface area contributed by atoms with E-state index in [1.807, 2.05) is 0 Å². The van der Waals surface area contributed by atoms with Crippen molar-refractivity contribution >= 4 is 0 Å². The van der Waals surface area contributed by atoms with E-state index >= 15 is 0 Å². The van der Waals surface area contributed by atoms with Gasteiger partial charge in [-0.15, -0.1) is 0 Å². The fraction of sp³-hybridized carbons (Fsp3) is 1.00. The average molecular weight is 236 g/mol. The fourth-order valence-electron chi connectivity index (χ4n) is 0. The van der Waals surface area contributed by atoms with Crippen LogP contribution in [0.4, 0.5) is 0 Å².